The summed E-state index contributed by atoms with van der Waals surface area (Å²) in [5, 5.41) is 14.7. The van der Waals surface area contributed by atoms with E-state index in [0.717, 1.165) is 5.69 Å². The van der Waals surface area contributed by atoms with E-state index in [0.29, 0.717) is 16.7 Å². The molecule has 0 bridgehead atoms. The Balaban J connectivity index is 2.24. The van der Waals surface area contributed by atoms with E-state index in [1.54, 1.807) is 6.07 Å². The molecule has 1 aromatic carbocycles. The van der Waals surface area contributed by atoms with Gasteiger partial charge in [-0.15, -0.1) is 22.9 Å². The SMILES string of the molecule is O=C(O)c1cc(Nc2nc(CCl)cs2)ccc1Cl. The first kappa shape index (κ1) is 13.1. The van der Waals surface area contributed by atoms with Crippen LogP contribution in [0.25, 0.3) is 0 Å². The normalized spacial score (nSPS) is 10.3. The number of anilines is 2. The average Bonchev–Trinajstić information content (AvgIpc) is 2.79. The zero-order valence-electron chi connectivity index (χ0n) is 8.98. The van der Waals surface area contributed by atoms with Gasteiger partial charge in [0.1, 0.15) is 0 Å². The van der Waals surface area contributed by atoms with E-state index in [1.165, 1.54) is 23.5 Å². The number of hydrogen-bond donors (Lipinski definition) is 2. The van der Waals surface area contributed by atoms with Crippen LogP contribution in [0, 0.1) is 0 Å². The highest BCUT2D eigenvalue weighted by atomic mass is 35.5. The molecule has 7 heteroatoms. The van der Waals surface area contributed by atoms with Crippen LogP contribution in [0.1, 0.15) is 16.1 Å². The highest BCUT2D eigenvalue weighted by Crippen LogP contribution is 2.25. The lowest BCUT2D eigenvalue weighted by Crippen LogP contribution is -1.99. The van der Waals surface area contributed by atoms with Crippen molar-refractivity contribution < 1.29 is 9.90 Å². The van der Waals surface area contributed by atoms with E-state index < -0.39 is 5.97 Å². The quantitative estimate of drug-likeness (QED) is 0.839. The van der Waals surface area contributed by atoms with Gasteiger partial charge in [-0.3, -0.25) is 0 Å². The van der Waals surface area contributed by atoms with Gasteiger partial charge in [-0.1, -0.05) is 11.6 Å². The number of rotatable bonds is 4. The fraction of sp³-hybridized carbons (Fsp3) is 0.0909. The molecule has 0 aliphatic rings. The molecule has 0 unspecified atom stereocenters. The summed E-state index contributed by atoms with van der Waals surface area (Å²) in [5.74, 6) is -0.719. The summed E-state index contributed by atoms with van der Waals surface area (Å²) in [6, 6.07) is 4.69. The van der Waals surface area contributed by atoms with Gasteiger partial charge in [-0.05, 0) is 18.2 Å². The molecule has 0 spiro atoms. The predicted octanol–water partition coefficient (Wildman–Crippen LogP) is 3.98. The molecule has 0 atom stereocenters. The molecule has 0 radical (unpaired) electrons. The van der Waals surface area contributed by atoms with Crippen LogP contribution < -0.4 is 5.32 Å². The number of carboxylic acids is 1. The van der Waals surface area contributed by atoms with Crippen LogP contribution in [0.5, 0.6) is 0 Å². The fourth-order valence-electron chi connectivity index (χ4n) is 1.32. The van der Waals surface area contributed by atoms with Crippen molar-refractivity contribution in [2.45, 2.75) is 5.88 Å². The highest BCUT2D eigenvalue weighted by Gasteiger charge is 2.10. The second kappa shape index (κ2) is 5.56. The van der Waals surface area contributed by atoms with Gasteiger partial charge in [-0.25, -0.2) is 9.78 Å². The van der Waals surface area contributed by atoms with Gasteiger partial charge in [0.15, 0.2) is 5.13 Å². The van der Waals surface area contributed by atoms with E-state index in [4.69, 9.17) is 28.3 Å². The summed E-state index contributed by atoms with van der Waals surface area (Å²) in [7, 11) is 0. The summed E-state index contributed by atoms with van der Waals surface area (Å²) in [5.41, 5.74) is 1.44. The van der Waals surface area contributed by atoms with Gasteiger partial charge in [-0.2, -0.15) is 0 Å². The third kappa shape index (κ3) is 2.93. The molecule has 2 rings (SSSR count). The topological polar surface area (TPSA) is 62.2 Å². The summed E-state index contributed by atoms with van der Waals surface area (Å²) < 4.78 is 0. The number of nitrogens with zero attached hydrogens (tertiary/aromatic N) is 1. The number of thiazole rings is 1. The summed E-state index contributed by atoms with van der Waals surface area (Å²) in [6.07, 6.45) is 0. The van der Waals surface area contributed by atoms with E-state index in [-0.39, 0.29) is 10.6 Å². The Morgan fingerprint density at radius 3 is 2.89 bits per heavy atom. The highest BCUT2D eigenvalue weighted by molar-refractivity contribution is 7.13. The Hall–Kier alpha value is -1.30. The molecule has 0 aliphatic carbocycles. The van der Waals surface area contributed by atoms with Crippen LogP contribution in [0.2, 0.25) is 5.02 Å². The number of halogens is 2. The van der Waals surface area contributed by atoms with Crippen LogP contribution in [0.4, 0.5) is 10.8 Å². The third-order valence-electron chi connectivity index (χ3n) is 2.14. The number of alkyl halides is 1. The number of carbonyl (C=O) groups is 1. The molecule has 4 nitrogen and oxygen atoms in total. The number of carboxylic acid groups (broad SMARTS) is 1. The van der Waals surface area contributed by atoms with Crippen molar-refractivity contribution in [2.24, 2.45) is 0 Å². The van der Waals surface area contributed by atoms with Crippen molar-refractivity contribution in [1.82, 2.24) is 4.98 Å². The molecule has 2 N–H and O–H groups in total. The maximum atomic E-state index is 10.9. The lowest BCUT2D eigenvalue weighted by atomic mass is 10.2. The number of aromatic carboxylic acids is 1. The molecule has 1 aromatic heterocycles. The zero-order chi connectivity index (χ0) is 13.1. The molecule has 0 saturated carbocycles. The molecule has 0 fully saturated rings. The monoisotopic (exact) mass is 302 g/mol. The number of benzene rings is 1. The molecular weight excluding hydrogens is 295 g/mol. The van der Waals surface area contributed by atoms with Crippen molar-refractivity contribution in [1.29, 1.82) is 0 Å². The molecule has 94 valence electrons. The Morgan fingerprint density at radius 2 is 2.28 bits per heavy atom. The first-order valence-electron chi connectivity index (χ1n) is 4.90. The molecule has 1 heterocycles. The standard InChI is InChI=1S/C11H8Cl2N2O2S/c12-4-7-5-18-11(15-7)14-6-1-2-9(13)8(3-6)10(16)17/h1-3,5H,4H2,(H,14,15)(H,16,17). The number of hydrogen-bond acceptors (Lipinski definition) is 4. The number of aromatic nitrogens is 1. The minimum Gasteiger partial charge on any atom is -0.478 e. The van der Waals surface area contributed by atoms with Gasteiger partial charge in [0.05, 0.1) is 22.2 Å². The fourth-order valence-corrected chi connectivity index (χ4v) is 2.47. The van der Waals surface area contributed by atoms with Crippen LogP contribution in [-0.4, -0.2) is 16.1 Å². The van der Waals surface area contributed by atoms with E-state index in [2.05, 4.69) is 10.3 Å². The third-order valence-corrected chi connectivity index (χ3v) is 3.55. The Morgan fingerprint density at radius 1 is 1.50 bits per heavy atom. The van der Waals surface area contributed by atoms with E-state index >= 15 is 0 Å². The van der Waals surface area contributed by atoms with Crippen LogP contribution in [0.3, 0.4) is 0 Å². The molecule has 0 amide bonds. The second-order valence-corrected chi connectivity index (χ2v) is 4.93. The molecule has 18 heavy (non-hydrogen) atoms. The lowest BCUT2D eigenvalue weighted by Gasteiger charge is -2.05. The maximum absolute atomic E-state index is 10.9. The van der Waals surface area contributed by atoms with E-state index in [1.807, 2.05) is 5.38 Å². The van der Waals surface area contributed by atoms with Gasteiger partial charge in [0.25, 0.3) is 0 Å². The lowest BCUT2D eigenvalue weighted by molar-refractivity contribution is 0.0697. The Labute approximate surface area is 117 Å². The summed E-state index contributed by atoms with van der Waals surface area (Å²) >= 11 is 12.8. The van der Waals surface area contributed by atoms with Gasteiger partial charge in [0.2, 0.25) is 0 Å². The smallest absolute Gasteiger partial charge is 0.337 e. The van der Waals surface area contributed by atoms with Crippen molar-refractivity contribution in [3.8, 4) is 0 Å². The van der Waals surface area contributed by atoms with E-state index in [9.17, 15) is 4.79 Å². The van der Waals surface area contributed by atoms with Gasteiger partial charge < -0.3 is 10.4 Å². The number of nitrogens with one attached hydrogen (secondary N) is 1. The molecular formula is C11H8Cl2N2O2S. The van der Waals surface area contributed by atoms with Crippen molar-refractivity contribution in [2.75, 3.05) is 5.32 Å². The van der Waals surface area contributed by atoms with Crippen LogP contribution >= 0.6 is 34.5 Å². The minimum atomic E-state index is -1.07. The average molecular weight is 303 g/mol. The molecule has 0 aliphatic heterocycles. The van der Waals surface area contributed by atoms with Crippen molar-refractivity contribution in [3.63, 3.8) is 0 Å². The van der Waals surface area contributed by atoms with Gasteiger partial charge in [0, 0.05) is 11.1 Å². The van der Waals surface area contributed by atoms with Crippen molar-refractivity contribution in [3.05, 3.63) is 39.9 Å². The second-order valence-electron chi connectivity index (χ2n) is 3.40. The summed E-state index contributed by atoms with van der Waals surface area (Å²) in [4.78, 5) is 15.2. The molecule has 2 aromatic rings. The van der Waals surface area contributed by atoms with Crippen LogP contribution in [-0.2, 0) is 5.88 Å². The largest absolute Gasteiger partial charge is 0.478 e. The Kier molecular flexibility index (Phi) is 4.06. The van der Waals surface area contributed by atoms with Gasteiger partial charge >= 0.3 is 5.97 Å². The first-order chi connectivity index (χ1) is 8.60. The van der Waals surface area contributed by atoms with Crippen LogP contribution in [0.15, 0.2) is 23.6 Å². The zero-order valence-corrected chi connectivity index (χ0v) is 11.3. The summed E-state index contributed by atoms with van der Waals surface area (Å²) in [6.45, 7) is 0. The maximum Gasteiger partial charge on any atom is 0.337 e. The Bertz CT molecular complexity index is 586. The van der Waals surface area contributed by atoms with Crippen molar-refractivity contribution >= 4 is 51.3 Å². The predicted molar refractivity (Wildman–Crippen MR) is 73.4 cm³/mol. The molecule has 0 saturated heterocycles. The first-order valence-corrected chi connectivity index (χ1v) is 6.69. The minimum absolute atomic E-state index is 0.0517.